The van der Waals surface area contributed by atoms with Crippen LogP contribution in [0.1, 0.15) is 37.1 Å². The third kappa shape index (κ3) is 2.79. The van der Waals surface area contributed by atoms with Crippen molar-refractivity contribution in [3.05, 3.63) is 27.1 Å². The quantitative estimate of drug-likeness (QED) is 0.812. The maximum Gasteiger partial charge on any atom is 0.307 e. The number of hydrogen-bond acceptors (Lipinski definition) is 5. The SMILES string of the molecule is CCOC(=O)CCn1cnc2sc3c(c2c1=O)CC[C@H](C)C3. The zero-order chi connectivity index (χ0) is 15.7. The van der Waals surface area contributed by atoms with Crippen LogP contribution in [0, 0.1) is 5.92 Å². The molecule has 2 heterocycles. The average molecular weight is 320 g/mol. The van der Waals surface area contributed by atoms with Crippen LogP contribution >= 0.6 is 11.3 Å². The van der Waals surface area contributed by atoms with Gasteiger partial charge < -0.3 is 4.74 Å². The molecule has 22 heavy (non-hydrogen) atoms. The molecule has 1 aliphatic rings. The van der Waals surface area contributed by atoms with Gasteiger partial charge in [0.05, 0.1) is 24.7 Å². The van der Waals surface area contributed by atoms with Crippen LogP contribution in [-0.2, 0) is 28.9 Å². The summed E-state index contributed by atoms with van der Waals surface area (Å²) in [5.41, 5.74) is 1.16. The van der Waals surface area contributed by atoms with Gasteiger partial charge in [-0.1, -0.05) is 6.92 Å². The zero-order valence-electron chi connectivity index (χ0n) is 12.9. The van der Waals surface area contributed by atoms with Gasteiger partial charge in [-0.2, -0.15) is 0 Å². The number of fused-ring (bicyclic) bond motifs is 3. The van der Waals surface area contributed by atoms with Crippen molar-refractivity contribution >= 4 is 27.5 Å². The second-order valence-electron chi connectivity index (χ2n) is 5.83. The zero-order valence-corrected chi connectivity index (χ0v) is 13.7. The number of aryl methyl sites for hydroxylation is 2. The third-order valence-corrected chi connectivity index (χ3v) is 5.31. The summed E-state index contributed by atoms with van der Waals surface area (Å²) < 4.78 is 6.44. The molecule has 0 bridgehead atoms. The molecule has 0 radical (unpaired) electrons. The molecular weight excluding hydrogens is 300 g/mol. The topological polar surface area (TPSA) is 61.2 Å². The van der Waals surface area contributed by atoms with Crippen LogP contribution in [0.15, 0.2) is 11.1 Å². The summed E-state index contributed by atoms with van der Waals surface area (Å²) in [6.45, 7) is 4.71. The summed E-state index contributed by atoms with van der Waals surface area (Å²) in [5, 5.41) is 0.762. The van der Waals surface area contributed by atoms with Crippen molar-refractivity contribution in [1.29, 1.82) is 0 Å². The fourth-order valence-corrected chi connectivity index (χ4v) is 4.31. The number of aromatic nitrogens is 2. The lowest BCUT2D eigenvalue weighted by atomic mass is 9.89. The van der Waals surface area contributed by atoms with E-state index in [1.54, 1.807) is 24.6 Å². The first-order chi connectivity index (χ1) is 10.6. The normalized spacial score (nSPS) is 17.5. The average Bonchev–Trinajstić information content (AvgIpc) is 2.85. The monoisotopic (exact) mass is 320 g/mol. The number of ether oxygens (including phenoxy) is 1. The number of thiophene rings is 1. The number of hydrogen-bond donors (Lipinski definition) is 0. The van der Waals surface area contributed by atoms with Gasteiger partial charge in [-0.05, 0) is 37.7 Å². The van der Waals surface area contributed by atoms with Gasteiger partial charge in [0, 0.05) is 11.4 Å². The molecule has 0 spiro atoms. The summed E-state index contributed by atoms with van der Waals surface area (Å²) in [4.78, 5) is 30.7. The Kier molecular flexibility index (Phi) is 4.29. The van der Waals surface area contributed by atoms with Crippen LogP contribution < -0.4 is 5.56 Å². The number of nitrogens with zero attached hydrogens (tertiary/aromatic N) is 2. The van der Waals surface area contributed by atoms with Crippen molar-refractivity contribution in [3.8, 4) is 0 Å². The highest BCUT2D eigenvalue weighted by molar-refractivity contribution is 7.18. The van der Waals surface area contributed by atoms with E-state index in [0.717, 1.165) is 29.5 Å². The van der Waals surface area contributed by atoms with E-state index >= 15 is 0 Å². The van der Waals surface area contributed by atoms with Crippen molar-refractivity contribution in [2.75, 3.05) is 6.61 Å². The van der Waals surface area contributed by atoms with Gasteiger partial charge in [0.15, 0.2) is 0 Å². The fraction of sp³-hybridized carbons (Fsp3) is 0.562. The molecule has 0 aliphatic heterocycles. The van der Waals surface area contributed by atoms with Crippen LogP contribution in [0.4, 0.5) is 0 Å². The first-order valence-corrected chi connectivity index (χ1v) is 8.57. The molecule has 5 nitrogen and oxygen atoms in total. The number of carbonyl (C=O) groups excluding carboxylic acids is 1. The van der Waals surface area contributed by atoms with Crippen LogP contribution in [0.2, 0.25) is 0 Å². The highest BCUT2D eigenvalue weighted by Crippen LogP contribution is 2.35. The molecule has 6 heteroatoms. The Balaban J connectivity index is 1.92. The number of esters is 1. The Morgan fingerprint density at radius 3 is 3.14 bits per heavy atom. The van der Waals surface area contributed by atoms with Crippen LogP contribution in [0.3, 0.4) is 0 Å². The Morgan fingerprint density at radius 2 is 2.36 bits per heavy atom. The molecule has 0 fully saturated rings. The lowest BCUT2D eigenvalue weighted by molar-refractivity contribution is -0.143. The standard InChI is InChI=1S/C16H20N2O3S/c1-3-21-13(19)6-7-18-9-17-15-14(16(18)20)11-5-4-10(2)8-12(11)22-15/h9-10H,3-8H2,1-2H3/t10-/m0/s1. The molecule has 2 aromatic heterocycles. The first kappa shape index (κ1) is 15.2. The van der Waals surface area contributed by atoms with E-state index in [1.807, 2.05) is 0 Å². The molecule has 118 valence electrons. The van der Waals surface area contributed by atoms with E-state index in [1.165, 1.54) is 15.0 Å². The Hall–Kier alpha value is -1.69. The second-order valence-corrected chi connectivity index (χ2v) is 6.91. The van der Waals surface area contributed by atoms with Crippen molar-refractivity contribution in [3.63, 3.8) is 0 Å². The van der Waals surface area contributed by atoms with E-state index in [9.17, 15) is 9.59 Å². The molecule has 1 atom stereocenters. The van der Waals surface area contributed by atoms with Gasteiger partial charge in [-0.3, -0.25) is 14.2 Å². The molecule has 3 rings (SSSR count). The molecule has 0 unspecified atom stereocenters. The van der Waals surface area contributed by atoms with Crippen LogP contribution in [0.25, 0.3) is 10.2 Å². The van der Waals surface area contributed by atoms with E-state index < -0.39 is 0 Å². The summed E-state index contributed by atoms with van der Waals surface area (Å²) in [5.74, 6) is 0.391. The number of rotatable bonds is 4. The summed E-state index contributed by atoms with van der Waals surface area (Å²) in [6.07, 6.45) is 4.86. The van der Waals surface area contributed by atoms with Crippen LogP contribution in [0.5, 0.6) is 0 Å². The molecule has 0 aromatic carbocycles. The summed E-state index contributed by atoms with van der Waals surface area (Å²) in [7, 11) is 0. The van der Waals surface area contributed by atoms with E-state index in [0.29, 0.717) is 19.1 Å². The maximum absolute atomic E-state index is 12.7. The lowest BCUT2D eigenvalue weighted by Crippen LogP contribution is -2.23. The van der Waals surface area contributed by atoms with Crippen molar-refractivity contribution < 1.29 is 9.53 Å². The molecule has 1 aliphatic carbocycles. The van der Waals surface area contributed by atoms with Gasteiger partial charge in [-0.25, -0.2) is 4.98 Å². The summed E-state index contributed by atoms with van der Waals surface area (Å²) >= 11 is 1.64. The van der Waals surface area contributed by atoms with E-state index in [4.69, 9.17) is 4.74 Å². The van der Waals surface area contributed by atoms with Crippen LogP contribution in [-0.4, -0.2) is 22.1 Å². The van der Waals surface area contributed by atoms with Gasteiger partial charge in [0.25, 0.3) is 5.56 Å². The minimum Gasteiger partial charge on any atom is -0.466 e. The molecular formula is C16H20N2O3S. The maximum atomic E-state index is 12.7. The Labute approximate surface area is 132 Å². The predicted octanol–water partition coefficient (Wildman–Crippen LogP) is 2.54. The van der Waals surface area contributed by atoms with Crippen molar-refractivity contribution in [1.82, 2.24) is 9.55 Å². The van der Waals surface area contributed by atoms with Gasteiger partial charge in [0.1, 0.15) is 4.83 Å². The minimum atomic E-state index is -0.282. The summed E-state index contributed by atoms with van der Waals surface area (Å²) in [6, 6.07) is 0. The third-order valence-electron chi connectivity index (χ3n) is 4.14. The Morgan fingerprint density at radius 1 is 1.55 bits per heavy atom. The molecule has 0 saturated carbocycles. The van der Waals surface area contributed by atoms with Crippen molar-refractivity contribution in [2.45, 2.75) is 46.1 Å². The smallest absolute Gasteiger partial charge is 0.307 e. The highest BCUT2D eigenvalue weighted by Gasteiger charge is 2.23. The lowest BCUT2D eigenvalue weighted by Gasteiger charge is -2.17. The first-order valence-electron chi connectivity index (χ1n) is 7.75. The van der Waals surface area contributed by atoms with Crippen molar-refractivity contribution in [2.24, 2.45) is 5.92 Å². The molecule has 2 aromatic rings. The largest absolute Gasteiger partial charge is 0.466 e. The number of carbonyl (C=O) groups is 1. The van der Waals surface area contributed by atoms with Gasteiger partial charge in [0.2, 0.25) is 0 Å². The highest BCUT2D eigenvalue weighted by atomic mass is 32.1. The predicted molar refractivity (Wildman–Crippen MR) is 86.3 cm³/mol. The van der Waals surface area contributed by atoms with Gasteiger partial charge in [-0.15, -0.1) is 11.3 Å². The molecule has 0 amide bonds. The molecule has 0 N–H and O–H groups in total. The van der Waals surface area contributed by atoms with Gasteiger partial charge >= 0.3 is 5.97 Å². The Bertz CT molecular complexity index is 763. The second kappa shape index (κ2) is 6.20. The minimum absolute atomic E-state index is 0.0265. The van der Waals surface area contributed by atoms with E-state index in [-0.39, 0.29) is 17.9 Å². The van der Waals surface area contributed by atoms with E-state index in [2.05, 4.69) is 11.9 Å². The fourth-order valence-electron chi connectivity index (χ4n) is 2.97. The molecule has 0 saturated heterocycles.